The van der Waals surface area contributed by atoms with E-state index in [1.807, 2.05) is 66.7 Å². The first kappa shape index (κ1) is 34.0. The molecule has 0 radical (unpaired) electrons. The maximum absolute atomic E-state index is 6.93. The van der Waals surface area contributed by atoms with Crippen molar-refractivity contribution in [2.75, 3.05) is 0 Å². The van der Waals surface area contributed by atoms with Gasteiger partial charge in [-0.2, -0.15) is 0 Å². The van der Waals surface area contributed by atoms with Crippen LogP contribution in [0.3, 0.4) is 0 Å². The minimum absolute atomic E-state index is 0.582. The summed E-state index contributed by atoms with van der Waals surface area (Å²) in [5.41, 5.74) is 11.8. The second-order valence-electron chi connectivity index (χ2n) is 14.2. The molecule has 1 aliphatic rings. The highest BCUT2D eigenvalue weighted by atomic mass is 16.5. The van der Waals surface area contributed by atoms with Crippen molar-refractivity contribution in [1.82, 2.24) is 24.9 Å². The lowest BCUT2D eigenvalue weighted by molar-refractivity contribution is 0.129. The zero-order valence-electron chi connectivity index (χ0n) is 31.1. The number of rotatable bonds is 7. The van der Waals surface area contributed by atoms with Gasteiger partial charge in [0.15, 0.2) is 28.9 Å². The first-order valence-electron chi connectivity index (χ1n) is 19.0. The van der Waals surface area contributed by atoms with Crippen molar-refractivity contribution >= 4 is 0 Å². The third-order valence-corrected chi connectivity index (χ3v) is 10.7. The predicted molar refractivity (Wildman–Crippen MR) is 227 cm³/mol. The van der Waals surface area contributed by atoms with Crippen LogP contribution in [0.2, 0.25) is 0 Å². The van der Waals surface area contributed by atoms with Gasteiger partial charge < -0.3 is 4.74 Å². The Morgan fingerprint density at radius 2 is 0.860 bits per heavy atom. The van der Waals surface area contributed by atoms with Crippen LogP contribution in [0.25, 0.3) is 78.9 Å². The maximum Gasteiger partial charge on any atom is 0.164 e. The molecule has 0 aliphatic carbocycles. The molecule has 7 aromatic carbocycles. The lowest BCUT2D eigenvalue weighted by atomic mass is 9.80. The van der Waals surface area contributed by atoms with Crippen molar-refractivity contribution < 1.29 is 4.74 Å². The molecule has 1 aliphatic heterocycles. The zero-order chi connectivity index (χ0) is 38.2. The molecule has 1 atom stereocenters. The second-order valence-corrected chi connectivity index (χ2v) is 14.2. The summed E-state index contributed by atoms with van der Waals surface area (Å²) in [7, 11) is 0. The molecular weight excluding hydrogens is 699 g/mol. The van der Waals surface area contributed by atoms with E-state index >= 15 is 0 Å². The number of aromatic nitrogens is 5. The Balaban J connectivity index is 1.02. The van der Waals surface area contributed by atoms with Crippen molar-refractivity contribution in [3.05, 3.63) is 206 Å². The van der Waals surface area contributed by atoms with E-state index < -0.39 is 5.60 Å². The Morgan fingerprint density at radius 1 is 0.368 bits per heavy atom. The summed E-state index contributed by atoms with van der Waals surface area (Å²) < 4.78 is 6.93. The van der Waals surface area contributed by atoms with E-state index in [-0.39, 0.29) is 0 Å². The molecule has 0 fully saturated rings. The molecule has 0 amide bonds. The maximum atomic E-state index is 6.93. The molecule has 6 nitrogen and oxygen atoms in total. The van der Waals surface area contributed by atoms with E-state index in [1.54, 1.807) is 12.4 Å². The third kappa shape index (κ3) is 6.43. The Morgan fingerprint density at radius 3 is 1.54 bits per heavy atom. The molecule has 10 rings (SSSR count). The van der Waals surface area contributed by atoms with Crippen molar-refractivity contribution in [2.45, 2.75) is 12.5 Å². The molecule has 270 valence electrons. The molecule has 0 bridgehead atoms. The number of nitrogens with zero attached hydrogens (tertiary/aromatic N) is 5. The summed E-state index contributed by atoms with van der Waals surface area (Å²) in [5, 5.41) is 0. The van der Waals surface area contributed by atoms with Gasteiger partial charge in [0.1, 0.15) is 5.75 Å². The van der Waals surface area contributed by atoms with Gasteiger partial charge >= 0.3 is 0 Å². The summed E-state index contributed by atoms with van der Waals surface area (Å²) in [6, 6.07) is 62.4. The Kier molecular flexibility index (Phi) is 8.49. The van der Waals surface area contributed by atoms with E-state index in [1.165, 1.54) is 5.56 Å². The smallest absolute Gasteiger partial charge is 0.164 e. The van der Waals surface area contributed by atoms with Gasteiger partial charge in [-0.25, -0.2) is 24.9 Å². The first-order valence-corrected chi connectivity index (χ1v) is 19.0. The quantitative estimate of drug-likeness (QED) is 0.162. The van der Waals surface area contributed by atoms with Gasteiger partial charge in [0.05, 0.1) is 0 Å². The van der Waals surface area contributed by atoms with Crippen LogP contribution < -0.4 is 4.74 Å². The van der Waals surface area contributed by atoms with Crippen LogP contribution in [0, 0.1) is 0 Å². The average molecular weight is 734 g/mol. The van der Waals surface area contributed by atoms with Crippen LogP contribution in [-0.4, -0.2) is 24.9 Å². The van der Waals surface area contributed by atoms with E-state index in [0.29, 0.717) is 23.3 Å². The van der Waals surface area contributed by atoms with Crippen LogP contribution in [0.5, 0.6) is 5.75 Å². The summed E-state index contributed by atoms with van der Waals surface area (Å²) >= 11 is 0. The van der Waals surface area contributed by atoms with Gasteiger partial charge in [0.2, 0.25) is 0 Å². The summed E-state index contributed by atoms with van der Waals surface area (Å²) in [6.45, 7) is 2.16. The van der Waals surface area contributed by atoms with Crippen LogP contribution in [0.15, 0.2) is 194 Å². The van der Waals surface area contributed by atoms with E-state index in [4.69, 9.17) is 19.7 Å². The highest BCUT2D eigenvalue weighted by molar-refractivity contribution is 5.82. The van der Waals surface area contributed by atoms with Gasteiger partial charge in [-0.3, -0.25) is 0 Å². The van der Waals surface area contributed by atoms with Gasteiger partial charge in [-0.1, -0.05) is 164 Å². The zero-order valence-corrected chi connectivity index (χ0v) is 31.1. The standard InChI is InChI=1S/C51H35N5O/c1-51(42-16-6-3-7-17-42)45-19-9-8-18-43(45)44-29-28-40(33-46(44)57-51)35-20-22-37(23-21-35)48-54-49(38-26-24-36(25-27-38)47-52-30-11-31-53-47)56-50(55-48)41-15-10-14-39(32-41)34-12-4-2-5-13-34/h2-33H,1H3. The molecule has 6 heteroatoms. The van der Waals surface area contributed by atoms with Gasteiger partial charge in [0.25, 0.3) is 0 Å². The molecule has 2 aromatic heterocycles. The highest BCUT2D eigenvalue weighted by Crippen LogP contribution is 2.49. The molecule has 0 spiro atoms. The fourth-order valence-electron chi connectivity index (χ4n) is 7.65. The van der Waals surface area contributed by atoms with Crippen molar-refractivity contribution in [3.8, 4) is 84.7 Å². The molecule has 57 heavy (non-hydrogen) atoms. The van der Waals surface area contributed by atoms with E-state index in [0.717, 1.165) is 66.9 Å². The monoisotopic (exact) mass is 733 g/mol. The Hall–Kier alpha value is -7.57. The lowest BCUT2D eigenvalue weighted by Crippen LogP contribution is -2.34. The van der Waals surface area contributed by atoms with Gasteiger partial charge in [-0.15, -0.1) is 0 Å². The predicted octanol–water partition coefficient (Wildman–Crippen LogP) is 12.0. The number of hydrogen-bond donors (Lipinski definition) is 0. The van der Waals surface area contributed by atoms with E-state index in [9.17, 15) is 0 Å². The fourth-order valence-corrected chi connectivity index (χ4v) is 7.65. The molecule has 0 N–H and O–H groups in total. The lowest BCUT2D eigenvalue weighted by Gasteiger charge is -2.38. The van der Waals surface area contributed by atoms with Gasteiger partial charge in [-0.05, 0) is 58.5 Å². The van der Waals surface area contributed by atoms with Crippen LogP contribution in [0.1, 0.15) is 18.1 Å². The summed E-state index contributed by atoms with van der Waals surface area (Å²) in [4.78, 5) is 23.9. The number of hydrogen-bond acceptors (Lipinski definition) is 6. The van der Waals surface area contributed by atoms with Crippen LogP contribution in [0.4, 0.5) is 0 Å². The first-order chi connectivity index (χ1) is 28.1. The Labute approximate surface area is 331 Å². The van der Waals surface area contributed by atoms with Crippen LogP contribution in [-0.2, 0) is 5.60 Å². The molecule has 9 aromatic rings. The largest absolute Gasteiger partial charge is 0.477 e. The van der Waals surface area contributed by atoms with Crippen molar-refractivity contribution in [3.63, 3.8) is 0 Å². The molecule has 0 saturated carbocycles. The van der Waals surface area contributed by atoms with Crippen molar-refractivity contribution in [1.29, 1.82) is 0 Å². The minimum Gasteiger partial charge on any atom is -0.477 e. The average Bonchev–Trinajstić information content (AvgIpc) is 3.30. The number of benzene rings is 7. The molecule has 0 saturated heterocycles. The molecule has 1 unspecified atom stereocenters. The molecular formula is C51H35N5O. The number of ether oxygens (including phenoxy) is 1. The minimum atomic E-state index is -0.627. The van der Waals surface area contributed by atoms with Gasteiger partial charge in [0, 0.05) is 45.8 Å². The topological polar surface area (TPSA) is 73.7 Å². The SMILES string of the molecule is CC1(c2ccccc2)Oc2cc(-c3ccc(-c4nc(-c5ccc(-c6ncccn6)cc5)nc(-c5cccc(-c6ccccc6)c5)n4)cc3)ccc2-c2ccccc21. The summed E-state index contributed by atoms with van der Waals surface area (Å²) in [6.07, 6.45) is 3.49. The van der Waals surface area contributed by atoms with Crippen LogP contribution >= 0.6 is 0 Å². The highest BCUT2D eigenvalue weighted by Gasteiger charge is 2.38. The number of fused-ring (bicyclic) bond motifs is 3. The Bertz CT molecular complexity index is 2860. The normalized spacial score (nSPS) is 14.3. The third-order valence-electron chi connectivity index (χ3n) is 10.7. The molecule has 3 heterocycles. The van der Waals surface area contributed by atoms with Crippen molar-refractivity contribution in [2.24, 2.45) is 0 Å². The summed E-state index contributed by atoms with van der Waals surface area (Å²) in [5.74, 6) is 3.29. The fraction of sp³-hybridized carbons (Fsp3) is 0.0392. The van der Waals surface area contributed by atoms with E-state index in [2.05, 4.69) is 132 Å². The second kappa shape index (κ2) is 14.3.